The maximum Gasteiger partial charge on any atom is 0.246 e. The topological polar surface area (TPSA) is 71.5 Å². The first-order chi connectivity index (χ1) is 9.05. The van der Waals surface area contributed by atoms with Gasteiger partial charge in [-0.05, 0) is 19.9 Å². The van der Waals surface area contributed by atoms with Gasteiger partial charge in [0.15, 0.2) is 0 Å². The molecule has 0 aromatic carbocycles. The molecule has 1 aromatic heterocycles. The molecule has 6 nitrogen and oxygen atoms in total. The van der Waals surface area contributed by atoms with Crippen molar-refractivity contribution in [1.29, 1.82) is 0 Å². The van der Waals surface area contributed by atoms with E-state index >= 15 is 0 Å². The van der Waals surface area contributed by atoms with Crippen molar-refractivity contribution in [2.45, 2.75) is 24.8 Å². The van der Waals surface area contributed by atoms with Gasteiger partial charge in [0.1, 0.15) is 4.90 Å². The summed E-state index contributed by atoms with van der Waals surface area (Å²) in [7, 11) is -3.52. The van der Waals surface area contributed by atoms with Crippen LogP contribution in [0.15, 0.2) is 23.4 Å². The molecule has 1 aromatic rings. The molecule has 2 heterocycles. The van der Waals surface area contributed by atoms with Gasteiger partial charge < -0.3 is 10.1 Å². The predicted octanol–water partition coefficient (Wildman–Crippen LogP) is 0.923. The highest BCUT2D eigenvalue weighted by molar-refractivity contribution is 7.89. The zero-order valence-corrected chi connectivity index (χ0v) is 12.0. The van der Waals surface area contributed by atoms with E-state index in [4.69, 9.17) is 4.74 Å². The molecule has 2 rings (SSSR count). The van der Waals surface area contributed by atoms with Gasteiger partial charge in [0.25, 0.3) is 0 Å². The number of sulfonamides is 1. The number of rotatable bonds is 4. The highest BCUT2D eigenvalue weighted by Crippen LogP contribution is 2.24. The second-order valence-corrected chi connectivity index (χ2v) is 6.35. The highest BCUT2D eigenvalue weighted by atomic mass is 32.2. The summed E-state index contributed by atoms with van der Waals surface area (Å²) in [4.78, 5) is 4.16. The Hall–Kier alpha value is -1.18. The third kappa shape index (κ3) is 3.05. The van der Waals surface area contributed by atoms with Crippen molar-refractivity contribution < 1.29 is 13.2 Å². The van der Waals surface area contributed by atoms with E-state index in [1.54, 1.807) is 12.3 Å². The van der Waals surface area contributed by atoms with Crippen molar-refractivity contribution in [2.24, 2.45) is 0 Å². The molecular formula is C12H19N3O3S. The van der Waals surface area contributed by atoms with E-state index in [2.05, 4.69) is 10.3 Å². The minimum Gasteiger partial charge on any atom is -0.384 e. The Morgan fingerprint density at radius 1 is 1.58 bits per heavy atom. The average molecular weight is 285 g/mol. The number of nitrogens with one attached hydrogen (secondary N) is 1. The maximum absolute atomic E-state index is 12.6. The smallest absolute Gasteiger partial charge is 0.246 e. The van der Waals surface area contributed by atoms with Crippen molar-refractivity contribution in [3.05, 3.63) is 18.5 Å². The Balaban J connectivity index is 2.33. The lowest BCUT2D eigenvalue weighted by Crippen LogP contribution is -2.44. The van der Waals surface area contributed by atoms with Gasteiger partial charge in [-0.25, -0.2) is 8.42 Å². The van der Waals surface area contributed by atoms with Crippen molar-refractivity contribution in [3.8, 4) is 0 Å². The van der Waals surface area contributed by atoms with Crippen LogP contribution < -0.4 is 5.32 Å². The molecule has 1 aliphatic heterocycles. The summed E-state index contributed by atoms with van der Waals surface area (Å²) in [5.41, 5.74) is 0.594. The third-order valence-electron chi connectivity index (χ3n) is 2.97. The Morgan fingerprint density at radius 2 is 2.37 bits per heavy atom. The molecule has 1 fully saturated rings. The van der Waals surface area contributed by atoms with E-state index in [-0.39, 0.29) is 11.0 Å². The van der Waals surface area contributed by atoms with Gasteiger partial charge in [-0.15, -0.1) is 0 Å². The number of hydrogen-bond donors (Lipinski definition) is 1. The van der Waals surface area contributed by atoms with E-state index in [9.17, 15) is 8.42 Å². The lowest BCUT2D eigenvalue weighted by molar-refractivity contribution is 0.0102. The number of nitrogens with zero attached hydrogens (tertiary/aromatic N) is 2. The summed E-state index contributed by atoms with van der Waals surface area (Å²) in [5, 5.41) is 3.06. The standard InChI is InChI=1S/C12H19N3O3S/c1-3-14-11-4-5-13-8-12(11)19(16,17)15-6-7-18-10(2)9-15/h4-5,8,10H,3,6-7,9H2,1-2H3,(H,13,14). The van der Waals surface area contributed by atoms with E-state index in [0.717, 1.165) is 0 Å². The van der Waals surface area contributed by atoms with Crippen LogP contribution >= 0.6 is 0 Å². The Kier molecular flexibility index (Phi) is 4.38. The first kappa shape index (κ1) is 14.2. The molecule has 19 heavy (non-hydrogen) atoms. The molecule has 1 atom stereocenters. The molecule has 0 saturated carbocycles. The Bertz CT molecular complexity index is 533. The zero-order chi connectivity index (χ0) is 13.9. The van der Waals surface area contributed by atoms with E-state index in [0.29, 0.717) is 31.9 Å². The van der Waals surface area contributed by atoms with Gasteiger partial charge in [0, 0.05) is 32.0 Å². The molecule has 1 unspecified atom stereocenters. The van der Waals surface area contributed by atoms with Crippen LogP contribution in [-0.2, 0) is 14.8 Å². The van der Waals surface area contributed by atoms with E-state index in [1.807, 2.05) is 13.8 Å². The third-order valence-corrected chi connectivity index (χ3v) is 4.87. The minimum atomic E-state index is -3.52. The van der Waals surface area contributed by atoms with Crippen LogP contribution in [0.5, 0.6) is 0 Å². The Labute approximate surface area is 113 Å². The fraction of sp³-hybridized carbons (Fsp3) is 0.583. The Morgan fingerprint density at radius 3 is 3.05 bits per heavy atom. The van der Waals surface area contributed by atoms with Crippen LogP contribution in [0, 0.1) is 0 Å². The molecule has 0 amide bonds. The number of pyridine rings is 1. The van der Waals surface area contributed by atoms with Crippen molar-refractivity contribution in [3.63, 3.8) is 0 Å². The van der Waals surface area contributed by atoms with Crippen LogP contribution in [0.2, 0.25) is 0 Å². The van der Waals surface area contributed by atoms with E-state index < -0.39 is 10.0 Å². The number of aromatic nitrogens is 1. The lowest BCUT2D eigenvalue weighted by atomic mass is 10.3. The summed E-state index contributed by atoms with van der Waals surface area (Å²) in [5.74, 6) is 0. The average Bonchev–Trinajstić information content (AvgIpc) is 2.39. The van der Waals surface area contributed by atoms with Crippen molar-refractivity contribution in [2.75, 3.05) is 31.6 Å². The van der Waals surface area contributed by atoms with Crippen LogP contribution in [-0.4, -0.2) is 50.1 Å². The molecule has 1 saturated heterocycles. The van der Waals surface area contributed by atoms with Crippen molar-refractivity contribution in [1.82, 2.24) is 9.29 Å². The molecule has 0 bridgehead atoms. The fourth-order valence-corrected chi connectivity index (χ4v) is 3.68. The van der Waals surface area contributed by atoms with Gasteiger partial charge >= 0.3 is 0 Å². The monoisotopic (exact) mass is 285 g/mol. The van der Waals surface area contributed by atoms with Crippen LogP contribution in [0.25, 0.3) is 0 Å². The second-order valence-electron chi connectivity index (χ2n) is 4.45. The summed E-state index contributed by atoms with van der Waals surface area (Å²) in [6.45, 7) is 5.64. The second kappa shape index (κ2) is 5.85. The zero-order valence-electron chi connectivity index (χ0n) is 11.2. The molecule has 0 aliphatic carbocycles. The van der Waals surface area contributed by atoms with Gasteiger partial charge in [-0.3, -0.25) is 4.98 Å². The fourth-order valence-electron chi connectivity index (χ4n) is 2.07. The SMILES string of the molecule is CCNc1ccncc1S(=O)(=O)N1CCOC(C)C1. The van der Waals surface area contributed by atoms with Gasteiger partial charge in [-0.1, -0.05) is 0 Å². The maximum atomic E-state index is 12.6. The van der Waals surface area contributed by atoms with Crippen LogP contribution in [0.3, 0.4) is 0 Å². The van der Waals surface area contributed by atoms with Crippen LogP contribution in [0.1, 0.15) is 13.8 Å². The molecule has 0 spiro atoms. The quantitative estimate of drug-likeness (QED) is 0.891. The predicted molar refractivity (Wildman–Crippen MR) is 72.6 cm³/mol. The van der Waals surface area contributed by atoms with Gasteiger partial charge in [0.2, 0.25) is 10.0 Å². The normalized spacial score (nSPS) is 21.3. The van der Waals surface area contributed by atoms with E-state index in [1.165, 1.54) is 10.5 Å². The summed E-state index contributed by atoms with van der Waals surface area (Å²) in [6, 6.07) is 1.68. The number of morpholine rings is 1. The van der Waals surface area contributed by atoms with Crippen LogP contribution in [0.4, 0.5) is 5.69 Å². The summed E-state index contributed by atoms with van der Waals surface area (Å²) in [6.07, 6.45) is 2.90. The lowest BCUT2D eigenvalue weighted by Gasteiger charge is -2.30. The number of ether oxygens (including phenoxy) is 1. The molecular weight excluding hydrogens is 266 g/mol. The van der Waals surface area contributed by atoms with Gasteiger partial charge in [-0.2, -0.15) is 4.31 Å². The highest BCUT2D eigenvalue weighted by Gasteiger charge is 2.30. The first-order valence-corrected chi connectivity index (χ1v) is 7.79. The number of anilines is 1. The van der Waals surface area contributed by atoms with Gasteiger partial charge in [0.05, 0.1) is 18.4 Å². The molecule has 0 radical (unpaired) electrons. The van der Waals surface area contributed by atoms with Crippen molar-refractivity contribution >= 4 is 15.7 Å². The number of hydrogen-bond acceptors (Lipinski definition) is 5. The minimum absolute atomic E-state index is 0.0808. The molecule has 106 valence electrons. The summed E-state index contributed by atoms with van der Waals surface area (Å²) >= 11 is 0. The first-order valence-electron chi connectivity index (χ1n) is 6.35. The molecule has 1 aliphatic rings. The summed E-state index contributed by atoms with van der Waals surface area (Å²) < 4.78 is 32.1. The largest absolute Gasteiger partial charge is 0.384 e. The molecule has 7 heteroatoms. The molecule has 1 N–H and O–H groups in total.